The van der Waals surface area contributed by atoms with Crippen LogP contribution in [-0.4, -0.2) is 10.2 Å². The largest absolute Gasteiger partial charge is 0.507 e. The summed E-state index contributed by atoms with van der Waals surface area (Å²) in [6, 6.07) is 11.9. The first-order chi connectivity index (χ1) is 7.68. The first-order valence-electron chi connectivity index (χ1n) is 4.72. The van der Waals surface area contributed by atoms with E-state index in [1.165, 1.54) is 11.8 Å². The van der Waals surface area contributed by atoms with Crippen LogP contribution in [0.4, 0.5) is 5.69 Å². The molecule has 0 amide bonds. The molecule has 0 saturated carbocycles. The van der Waals surface area contributed by atoms with Crippen molar-refractivity contribution in [3.8, 4) is 11.5 Å². The molecule has 0 radical (unpaired) electrons. The highest BCUT2D eigenvalue weighted by molar-refractivity contribution is 7.99. The number of rotatable bonds is 2. The maximum Gasteiger partial charge on any atom is 0.131 e. The van der Waals surface area contributed by atoms with Gasteiger partial charge in [0.2, 0.25) is 0 Å². The summed E-state index contributed by atoms with van der Waals surface area (Å²) in [6.07, 6.45) is 0. The summed E-state index contributed by atoms with van der Waals surface area (Å²) < 4.78 is 0. The van der Waals surface area contributed by atoms with E-state index in [0.717, 1.165) is 0 Å². The molecule has 0 aromatic heterocycles. The van der Waals surface area contributed by atoms with Gasteiger partial charge in [0.25, 0.3) is 0 Å². The third-order valence-electron chi connectivity index (χ3n) is 2.10. The second-order valence-corrected chi connectivity index (χ2v) is 4.32. The second kappa shape index (κ2) is 4.37. The van der Waals surface area contributed by atoms with Crippen LogP contribution in [-0.2, 0) is 0 Å². The standard InChI is InChI=1S/C12H11NO2S/c13-8-4-3-6-10(15)12(8)16-11-7-2-1-5-9(11)14/h1-7,14-15H,13H2. The first kappa shape index (κ1) is 10.7. The Morgan fingerprint density at radius 2 is 1.56 bits per heavy atom. The van der Waals surface area contributed by atoms with Gasteiger partial charge < -0.3 is 15.9 Å². The molecule has 0 bridgehead atoms. The summed E-state index contributed by atoms with van der Waals surface area (Å²) in [5.74, 6) is 0.295. The fourth-order valence-corrected chi connectivity index (χ4v) is 2.20. The monoisotopic (exact) mass is 233 g/mol. The van der Waals surface area contributed by atoms with E-state index in [4.69, 9.17) is 5.73 Å². The molecule has 0 heterocycles. The number of phenolic OH excluding ortho intramolecular Hbond substituents is 2. The van der Waals surface area contributed by atoms with Gasteiger partial charge in [-0.1, -0.05) is 30.0 Å². The highest BCUT2D eigenvalue weighted by Gasteiger charge is 2.09. The molecule has 82 valence electrons. The fraction of sp³-hybridized carbons (Fsp3) is 0. The smallest absolute Gasteiger partial charge is 0.131 e. The Bertz CT molecular complexity index is 494. The molecule has 4 N–H and O–H groups in total. The summed E-state index contributed by atoms with van der Waals surface area (Å²) in [5, 5.41) is 19.3. The van der Waals surface area contributed by atoms with Crippen molar-refractivity contribution in [1.82, 2.24) is 0 Å². The molecule has 0 fully saturated rings. The van der Waals surface area contributed by atoms with E-state index < -0.39 is 0 Å². The van der Waals surface area contributed by atoms with E-state index >= 15 is 0 Å². The summed E-state index contributed by atoms with van der Waals surface area (Å²) >= 11 is 1.24. The lowest BCUT2D eigenvalue weighted by Crippen LogP contribution is -1.88. The molecule has 0 saturated heterocycles. The number of anilines is 1. The van der Waals surface area contributed by atoms with Gasteiger partial charge in [-0.2, -0.15) is 0 Å². The minimum Gasteiger partial charge on any atom is -0.507 e. The van der Waals surface area contributed by atoms with Crippen molar-refractivity contribution in [1.29, 1.82) is 0 Å². The molecule has 0 aliphatic heterocycles. The number of phenols is 2. The Hall–Kier alpha value is -1.81. The summed E-state index contributed by atoms with van der Waals surface area (Å²) in [4.78, 5) is 1.22. The van der Waals surface area contributed by atoms with Gasteiger partial charge in [-0.05, 0) is 24.3 Å². The number of nitrogen functional groups attached to an aromatic ring is 1. The number of para-hydroxylation sites is 1. The Kier molecular flexibility index (Phi) is 2.92. The fourth-order valence-electron chi connectivity index (χ4n) is 1.31. The molecule has 0 aliphatic rings. The SMILES string of the molecule is Nc1cccc(O)c1Sc1ccccc1O. The van der Waals surface area contributed by atoms with Gasteiger partial charge in [-0.3, -0.25) is 0 Å². The van der Waals surface area contributed by atoms with E-state index in [-0.39, 0.29) is 11.5 Å². The number of nitrogens with two attached hydrogens (primary N) is 1. The first-order valence-corrected chi connectivity index (χ1v) is 5.53. The molecular weight excluding hydrogens is 222 g/mol. The molecule has 16 heavy (non-hydrogen) atoms. The van der Waals surface area contributed by atoms with Crippen LogP contribution in [0.5, 0.6) is 11.5 Å². The summed E-state index contributed by atoms with van der Waals surface area (Å²) in [7, 11) is 0. The highest BCUT2D eigenvalue weighted by Crippen LogP contribution is 2.41. The Labute approximate surface area is 97.5 Å². The van der Waals surface area contributed by atoms with Crippen LogP contribution in [0, 0.1) is 0 Å². The second-order valence-electron chi connectivity index (χ2n) is 3.27. The lowest BCUT2D eigenvalue weighted by atomic mass is 10.3. The van der Waals surface area contributed by atoms with Crippen molar-refractivity contribution in [3.05, 3.63) is 42.5 Å². The highest BCUT2D eigenvalue weighted by atomic mass is 32.2. The number of hydrogen-bond donors (Lipinski definition) is 3. The third kappa shape index (κ3) is 2.06. The molecule has 0 atom stereocenters. The van der Waals surface area contributed by atoms with Crippen LogP contribution in [0.15, 0.2) is 52.3 Å². The Balaban J connectivity index is 2.38. The van der Waals surface area contributed by atoms with E-state index in [9.17, 15) is 10.2 Å². The zero-order valence-corrected chi connectivity index (χ0v) is 9.24. The number of hydrogen-bond acceptors (Lipinski definition) is 4. The van der Waals surface area contributed by atoms with Gasteiger partial charge in [0.1, 0.15) is 11.5 Å². The average Bonchev–Trinajstić information content (AvgIpc) is 2.26. The van der Waals surface area contributed by atoms with Crippen LogP contribution < -0.4 is 5.73 Å². The van der Waals surface area contributed by atoms with E-state index in [0.29, 0.717) is 15.5 Å². The average molecular weight is 233 g/mol. The van der Waals surface area contributed by atoms with E-state index in [2.05, 4.69) is 0 Å². The van der Waals surface area contributed by atoms with Gasteiger partial charge in [0.05, 0.1) is 9.79 Å². The number of aromatic hydroxyl groups is 2. The van der Waals surface area contributed by atoms with E-state index in [1.54, 1.807) is 36.4 Å². The predicted octanol–water partition coefficient (Wildman–Crippen LogP) is 2.83. The van der Waals surface area contributed by atoms with Crippen LogP contribution >= 0.6 is 11.8 Å². The molecule has 2 rings (SSSR count). The Morgan fingerprint density at radius 3 is 2.25 bits per heavy atom. The van der Waals surface area contributed by atoms with Gasteiger partial charge in [0, 0.05) is 5.69 Å². The van der Waals surface area contributed by atoms with Crippen LogP contribution in [0.25, 0.3) is 0 Å². The maximum absolute atomic E-state index is 9.66. The van der Waals surface area contributed by atoms with Gasteiger partial charge in [0.15, 0.2) is 0 Å². The van der Waals surface area contributed by atoms with Crippen LogP contribution in [0.1, 0.15) is 0 Å². The molecular formula is C12H11NO2S. The van der Waals surface area contributed by atoms with Crippen molar-refractivity contribution in [3.63, 3.8) is 0 Å². The molecule has 2 aromatic rings. The normalized spacial score (nSPS) is 10.2. The van der Waals surface area contributed by atoms with Crippen LogP contribution in [0.3, 0.4) is 0 Å². The minimum absolute atomic E-state index is 0.119. The summed E-state index contributed by atoms with van der Waals surface area (Å²) in [6.45, 7) is 0. The van der Waals surface area contributed by atoms with Gasteiger partial charge in [-0.25, -0.2) is 0 Å². The van der Waals surface area contributed by atoms with Crippen molar-refractivity contribution < 1.29 is 10.2 Å². The summed E-state index contributed by atoms with van der Waals surface area (Å²) in [5.41, 5.74) is 6.25. The van der Waals surface area contributed by atoms with Crippen molar-refractivity contribution in [2.75, 3.05) is 5.73 Å². The van der Waals surface area contributed by atoms with Crippen molar-refractivity contribution in [2.45, 2.75) is 9.79 Å². The minimum atomic E-state index is 0.119. The quantitative estimate of drug-likeness (QED) is 0.698. The zero-order valence-electron chi connectivity index (χ0n) is 8.42. The Morgan fingerprint density at radius 1 is 0.875 bits per heavy atom. The van der Waals surface area contributed by atoms with Crippen molar-refractivity contribution in [2.24, 2.45) is 0 Å². The molecule has 0 spiro atoms. The molecule has 0 unspecified atom stereocenters. The molecule has 2 aromatic carbocycles. The molecule has 4 heteroatoms. The number of benzene rings is 2. The van der Waals surface area contributed by atoms with Gasteiger partial charge in [-0.15, -0.1) is 0 Å². The lowest BCUT2D eigenvalue weighted by molar-refractivity contribution is 0.460. The van der Waals surface area contributed by atoms with Crippen molar-refractivity contribution >= 4 is 17.4 Å². The topological polar surface area (TPSA) is 66.5 Å². The molecule has 0 aliphatic carbocycles. The predicted molar refractivity (Wildman–Crippen MR) is 64.7 cm³/mol. The van der Waals surface area contributed by atoms with E-state index in [1.807, 2.05) is 6.07 Å². The third-order valence-corrected chi connectivity index (χ3v) is 3.32. The zero-order chi connectivity index (χ0) is 11.5. The van der Waals surface area contributed by atoms with Gasteiger partial charge >= 0.3 is 0 Å². The van der Waals surface area contributed by atoms with Crippen LogP contribution in [0.2, 0.25) is 0 Å². The lowest BCUT2D eigenvalue weighted by Gasteiger charge is -2.08. The maximum atomic E-state index is 9.66. The molecule has 3 nitrogen and oxygen atoms in total.